The number of fused-ring (bicyclic) bond motifs is 1. The summed E-state index contributed by atoms with van der Waals surface area (Å²) >= 11 is 1.90. The van der Waals surface area contributed by atoms with E-state index in [1.807, 2.05) is 17.8 Å². The molecule has 0 atom stereocenters. The third-order valence-corrected chi connectivity index (χ3v) is 7.07. The second-order valence-electron chi connectivity index (χ2n) is 11.2. The van der Waals surface area contributed by atoms with Gasteiger partial charge < -0.3 is 15.8 Å². The molecule has 0 saturated carbocycles. The van der Waals surface area contributed by atoms with E-state index in [2.05, 4.69) is 57.5 Å². The van der Waals surface area contributed by atoms with Gasteiger partial charge in [-0.1, -0.05) is 41.5 Å². The zero-order valence-corrected chi connectivity index (χ0v) is 20.6. The van der Waals surface area contributed by atoms with Gasteiger partial charge in [0.05, 0.1) is 10.5 Å². The number of nitrogens with zero attached hydrogens (tertiary/aromatic N) is 1. The first-order valence-electron chi connectivity index (χ1n) is 11.4. The van der Waals surface area contributed by atoms with Crippen molar-refractivity contribution in [1.82, 2.24) is 9.88 Å². The van der Waals surface area contributed by atoms with Gasteiger partial charge in [0.1, 0.15) is 5.75 Å². The van der Waals surface area contributed by atoms with E-state index in [1.165, 1.54) is 28.8 Å². The summed E-state index contributed by atoms with van der Waals surface area (Å²) in [6, 6.07) is 4.00. The lowest BCUT2D eigenvalue weighted by Gasteiger charge is -2.32. The van der Waals surface area contributed by atoms with E-state index < -0.39 is 0 Å². The largest absolute Gasteiger partial charge is 0.508 e. The quantitative estimate of drug-likeness (QED) is 0.497. The van der Waals surface area contributed by atoms with Gasteiger partial charge in [-0.25, -0.2) is 0 Å². The van der Waals surface area contributed by atoms with Gasteiger partial charge in [-0.3, -0.25) is 4.90 Å². The van der Waals surface area contributed by atoms with E-state index in [0.717, 1.165) is 56.0 Å². The number of aromatic nitrogens is 1. The molecule has 1 aliphatic heterocycles. The molecule has 3 rings (SSSR count). The summed E-state index contributed by atoms with van der Waals surface area (Å²) in [5, 5.41) is 13.3. The van der Waals surface area contributed by atoms with E-state index in [9.17, 15) is 5.11 Å². The van der Waals surface area contributed by atoms with Crippen molar-refractivity contribution in [3.63, 3.8) is 0 Å². The Kier molecular flexibility index (Phi) is 7.15. The van der Waals surface area contributed by atoms with E-state index in [4.69, 9.17) is 5.73 Å². The first-order valence-corrected chi connectivity index (χ1v) is 12.3. The average Bonchev–Trinajstić information content (AvgIpc) is 2.93. The van der Waals surface area contributed by atoms with Crippen molar-refractivity contribution in [2.75, 3.05) is 19.6 Å². The molecule has 0 amide bonds. The van der Waals surface area contributed by atoms with Gasteiger partial charge in [-0.15, -0.1) is 11.8 Å². The number of hydrogen-bond donors (Lipinski definition) is 3. The van der Waals surface area contributed by atoms with Crippen molar-refractivity contribution in [2.24, 2.45) is 17.1 Å². The number of phenols is 1. The first kappa shape index (κ1) is 23.5. The third kappa shape index (κ3) is 5.95. The molecule has 0 radical (unpaired) electrons. The molecular weight excluding hydrogens is 390 g/mol. The van der Waals surface area contributed by atoms with Crippen LogP contribution in [-0.2, 0) is 13.0 Å². The summed E-state index contributed by atoms with van der Waals surface area (Å²) in [5.41, 5.74) is 9.50. The topological polar surface area (TPSA) is 65.3 Å². The van der Waals surface area contributed by atoms with Gasteiger partial charge in [0.15, 0.2) is 0 Å². The Morgan fingerprint density at radius 3 is 2.33 bits per heavy atom. The molecule has 4 N–H and O–H groups in total. The number of rotatable bonds is 6. The zero-order valence-electron chi connectivity index (χ0n) is 19.8. The smallest absolute Gasteiger partial charge is 0.122 e. The van der Waals surface area contributed by atoms with Crippen LogP contribution in [0.3, 0.4) is 0 Å². The Morgan fingerprint density at radius 1 is 1.10 bits per heavy atom. The number of hydrogen-bond acceptors (Lipinski definition) is 4. The number of aromatic amines is 1. The lowest BCUT2D eigenvalue weighted by atomic mass is 9.88. The Labute approximate surface area is 187 Å². The molecule has 30 heavy (non-hydrogen) atoms. The highest BCUT2D eigenvalue weighted by Gasteiger charge is 2.26. The first-order chi connectivity index (χ1) is 14.0. The molecular formula is C25H41N3OS. The molecule has 168 valence electrons. The zero-order chi connectivity index (χ0) is 22.1. The fraction of sp³-hybridized carbons (Fsp3) is 0.680. The number of aromatic hydroxyl groups is 1. The monoisotopic (exact) mass is 431 g/mol. The van der Waals surface area contributed by atoms with E-state index in [1.54, 1.807) is 0 Å². The molecule has 4 nitrogen and oxygen atoms in total. The second kappa shape index (κ2) is 9.13. The van der Waals surface area contributed by atoms with Gasteiger partial charge in [-0.05, 0) is 74.3 Å². The van der Waals surface area contributed by atoms with Crippen LogP contribution in [-0.4, -0.2) is 39.4 Å². The molecule has 1 fully saturated rings. The molecule has 0 aliphatic carbocycles. The van der Waals surface area contributed by atoms with Gasteiger partial charge in [0.25, 0.3) is 0 Å². The molecule has 1 aromatic carbocycles. The van der Waals surface area contributed by atoms with Gasteiger partial charge in [-0.2, -0.15) is 0 Å². The molecule has 1 aromatic heterocycles. The lowest BCUT2D eigenvalue weighted by molar-refractivity contribution is 0.172. The number of nitrogens with one attached hydrogen (secondary N) is 1. The maximum absolute atomic E-state index is 10.8. The highest BCUT2D eigenvalue weighted by atomic mass is 32.2. The van der Waals surface area contributed by atoms with Crippen molar-refractivity contribution in [2.45, 2.75) is 83.5 Å². The average molecular weight is 432 g/mol. The van der Waals surface area contributed by atoms with Crippen LogP contribution < -0.4 is 5.73 Å². The van der Waals surface area contributed by atoms with Gasteiger partial charge >= 0.3 is 0 Å². The predicted molar refractivity (Wildman–Crippen MR) is 130 cm³/mol. The summed E-state index contributed by atoms with van der Waals surface area (Å²) in [6.07, 6.45) is 4.56. The predicted octanol–water partition coefficient (Wildman–Crippen LogP) is 5.91. The number of likely N-dealkylation sites (tertiary alicyclic amines) is 1. The number of phenolic OH excluding ortho intramolecular Hbond substituents is 1. The Hall–Kier alpha value is -1.17. The van der Waals surface area contributed by atoms with E-state index in [-0.39, 0.29) is 10.2 Å². The maximum Gasteiger partial charge on any atom is 0.122 e. The van der Waals surface area contributed by atoms with Crippen LogP contribution in [0.25, 0.3) is 10.9 Å². The number of nitrogens with two attached hydrogens (primary N) is 1. The Morgan fingerprint density at radius 2 is 1.77 bits per heavy atom. The van der Waals surface area contributed by atoms with Gasteiger partial charge in [0.2, 0.25) is 0 Å². The normalized spacial score (nSPS) is 17.2. The van der Waals surface area contributed by atoms with Crippen molar-refractivity contribution < 1.29 is 5.11 Å². The fourth-order valence-corrected chi connectivity index (χ4v) is 5.56. The highest BCUT2D eigenvalue weighted by molar-refractivity contribution is 8.00. The van der Waals surface area contributed by atoms with Crippen LogP contribution in [0.1, 0.15) is 71.9 Å². The van der Waals surface area contributed by atoms with Crippen LogP contribution in [0.2, 0.25) is 0 Å². The fourth-order valence-electron chi connectivity index (χ4n) is 4.49. The minimum atomic E-state index is 0.126. The summed E-state index contributed by atoms with van der Waals surface area (Å²) in [7, 11) is 0. The number of benzene rings is 1. The number of piperidine rings is 1. The molecule has 2 aromatic rings. The summed E-state index contributed by atoms with van der Waals surface area (Å²) in [6.45, 7) is 17.4. The van der Waals surface area contributed by atoms with Crippen molar-refractivity contribution in [3.05, 3.63) is 23.3 Å². The SMILES string of the molecule is CC(C)(C)Cc1c(SC(C)(C)C)[nH]c2c(CN3CCC(CCN)CC3)c(O)ccc12. The molecule has 2 heterocycles. The molecule has 1 aliphatic rings. The molecule has 0 spiro atoms. The minimum Gasteiger partial charge on any atom is -0.508 e. The molecule has 0 bridgehead atoms. The van der Waals surface area contributed by atoms with Crippen LogP contribution in [0.4, 0.5) is 0 Å². The molecule has 1 saturated heterocycles. The maximum atomic E-state index is 10.8. The summed E-state index contributed by atoms with van der Waals surface area (Å²) in [5.74, 6) is 1.16. The Bertz CT molecular complexity index is 852. The summed E-state index contributed by atoms with van der Waals surface area (Å²) in [4.78, 5) is 6.22. The van der Waals surface area contributed by atoms with Crippen molar-refractivity contribution in [3.8, 4) is 5.75 Å². The van der Waals surface area contributed by atoms with Crippen LogP contribution in [0.15, 0.2) is 17.2 Å². The summed E-state index contributed by atoms with van der Waals surface area (Å²) < 4.78 is 0.126. The van der Waals surface area contributed by atoms with E-state index in [0.29, 0.717) is 5.75 Å². The van der Waals surface area contributed by atoms with E-state index >= 15 is 0 Å². The van der Waals surface area contributed by atoms with Crippen LogP contribution >= 0.6 is 11.8 Å². The minimum absolute atomic E-state index is 0.126. The standard InChI is InChI=1S/C25H41N3OS/c1-24(2,3)15-19-18-7-8-21(29)20(22(18)27-23(19)30-25(4,5)6)16-28-13-10-17(9-12-26)11-14-28/h7-8,17,27,29H,9-16,26H2,1-6H3. The third-order valence-electron chi connectivity index (χ3n) is 5.91. The Balaban J connectivity index is 1.95. The van der Waals surface area contributed by atoms with Crippen molar-refractivity contribution >= 4 is 22.7 Å². The number of thioether (sulfide) groups is 1. The van der Waals surface area contributed by atoms with Crippen molar-refractivity contribution in [1.29, 1.82) is 0 Å². The second-order valence-corrected chi connectivity index (χ2v) is 13.0. The lowest BCUT2D eigenvalue weighted by Crippen LogP contribution is -2.33. The highest BCUT2D eigenvalue weighted by Crippen LogP contribution is 2.42. The molecule has 0 unspecified atom stereocenters. The molecule has 5 heteroatoms. The number of H-pyrrole nitrogens is 1. The van der Waals surface area contributed by atoms with Crippen LogP contribution in [0, 0.1) is 11.3 Å². The van der Waals surface area contributed by atoms with Crippen LogP contribution in [0.5, 0.6) is 5.75 Å². The van der Waals surface area contributed by atoms with Gasteiger partial charge in [0, 0.05) is 22.2 Å².